The van der Waals surface area contributed by atoms with E-state index < -0.39 is 0 Å². The van der Waals surface area contributed by atoms with Crippen molar-refractivity contribution in [3.05, 3.63) is 18.2 Å². The van der Waals surface area contributed by atoms with Gasteiger partial charge in [-0.1, -0.05) is 19.8 Å². The van der Waals surface area contributed by atoms with Crippen molar-refractivity contribution in [3.63, 3.8) is 0 Å². The molecule has 1 saturated carbocycles. The van der Waals surface area contributed by atoms with E-state index in [1.807, 2.05) is 12.5 Å². The molecule has 2 N–H and O–H groups in total. The molecule has 0 amide bonds. The molecule has 0 spiro atoms. The third kappa shape index (κ3) is 1.69. The van der Waals surface area contributed by atoms with Crippen LogP contribution in [0.2, 0.25) is 0 Å². The van der Waals surface area contributed by atoms with Crippen LogP contribution < -0.4 is 5.73 Å². The first-order chi connectivity index (χ1) is 6.83. The van der Waals surface area contributed by atoms with Gasteiger partial charge in [-0.05, 0) is 12.8 Å². The minimum absolute atomic E-state index is 0.429. The number of hydrogen-bond acceptors (Lipinski definition) is 2. The highest BCUT2D eigenvalue weighted by atomic mass is 15.1. The molecule has 1 aliphatic rings. The Bertz CT molecular complexity index is 286. The zero-order valence-electron chi connectivity index (χ0n) is 8.82. The van der Waals surface area contributed by atoms with Crippen LogP contribution in [-0.4, -0.2) is 16.1 Å². The molecule has 1 aliphatic carbocycles. The van der Waals surface area contributed by atoms with Crippen LogP contribution in [-0.2, 0) is 0 Å². The lowest BCUT2D eigenvalue weighted by molar-refractivity contribution is 0.487. The van der Waals surface area contributed by atoms with Gasteiger partial charge in [0.1, 0.15) is 0 Å². The summed E-state index contributed by atoms with van der Waals surface area (Å²) in [7, 11) is 0. The third-order valence-electron chi connectivity index (χ3n) is 3.27. The lowest BCUT2D eigenvalue weighted by Gasteiger charge is -2.18. The molecule has 0 aromatic carbocycles. The van der Waals surface area contributed by atoms with Gasteiger partial charge >= 0.3 is 0 Å². The van der Waals surface area contributed by atoms with Crippen LogP contribution >= 0.6 is 0 Å². The van der Waals surface area contributed by atoms with E-state index in [9.17, 15) is 0 Å². The Morgan fingerprint density at radius 1 is 1.57 bits per heavy atom. The molecule has 1 aromatic heterocycles. The fourth-order valence-corrected chi connectivity index (χ4v) is 2.30. The standard InChI is InChI=1S/C11H19N3/c1-9(6-12)11-7-13-8-14(11)10-4-2-3-5-10/h7-10H,2-6,12H2,1H3. The predicted octanol–water partition coefficient (Wildman–Crippen LogP) is 2.06. The molecule has 0 bridgehead atoms. The van der Waals surface area contributed by atoms with Gasteiger partial charge in [-0.3, -0.25) is 0 Å². The Labute approximate surface area is 85.3 Å². The van der Waals surface area contributed by atoms with Gasteiger partial charge in [0, 0.05) is 30.4 Å². The summed E-state index contributed by atoms with van der Waals surface area (Å²) in [6.45, 7) is 2.88. The molecule has 0 radical (unpaired) electrons. The summed E-state index contributed by atoms with van der Waals surface area (Å²) in [5, 5.41) is 0. The average Bonchev–Trinajstić information content (AvgIpc) is 2.85. The zero-order chi connectivity index (χ0) is 9.97. The monoisotopic (exact) mass is 193 g/mol. The molecular formula is C11H19N3. The predicted molar refractivity (Wildman–Crippen MR) is 57.2 cm³/mol. The molecule has 78 valence electrons. The van der Waals surface area contributed by atoms with Crippen LogP contribution in [0, 0.1) is 0 Å². The maximum absolute atomic E-state index is 5.69. The van der Waals surface area contributed by atoms with Gasteiger partial charge in [0.25, 0.3) is 0 Å². The number of aromatic nitrogens is 2. The highest BCUT2D eigenvalue weighted by Crippen LogP contribution is 2.31. The number of hydrogen-bond donors (Lipinski definition) is 1. The van der Waals surface area contributed by atoms with Crippen molar-refractivity contribution < 1.29 is 0 Å². The second-order valence-electron chi connectivity index (χ2n) is 4.30. The van der Waals surface area contributed by atoms with Gasteiger partial charge in [-0.15, -0.1) is 0 Å². The summed E-state index contributed by atoms with van der Waals surface area (Å²) in [6.07, 6.45) is 9.27. The van der Waals surface area contributed by atoms with E-state index in [1.54, 1.807) is 0 Å². The van der Waals surface area contributed by atoms with Gasteiger partial charge in [-0.2, -0.15) is 0 Å². The van der Waals surface area contributed by atoms with E-state index in [0.717, 1.165) is 0 Å². The van der Waals surface area contributed by atoms with Crippen LogP contribution in [0.4, 0.5) is 0 Å². The number of nitrogens with zero attached hydrogens (tertiary/aromatic N) is 2. The average molecular weight is 193 g/mol. The molecule has 1 heterocycles. The summed E-state index contributed by atoms with van der Waals surface area (Å²) in [4.78, 5) is 4.24. The summed E-state index contributed by atoms with van der Waals surface area (Å²) in [6, 6.07) is 0.682. The molecule has 14 heavy (non-hydrogen) atoms. The van der Waals surface area contributed by atoms with Crippen LogP contribution in [0.5, 0.6) is 0 Å². The van der Waals surface area contributed by atoms with Gasteiger partial charge in [0.2, 0.25) is 0 Å². The Kier molecular flexibility index (Phi) is 2.87. The van der Waals surface area contributed by atoms with E-state index in [0.29, 0.717) is 18.5 Å². The van der Waals surface area contributed by atoms with E-state index in [1.165, 1.54) is 31.4 Å². The Hall–Kier alpha value is -0.830. The van der Waals surface area contributed by atoms with Crippen molar-refractivity contribution in [3.8, 4) is 0 Å². The zero-order valence-corrected chi connectivity index (χ0v) is 8.82. The number of imidazole rings is 1. The molecule has 0 aliphatic heterocycles. The Balaban J connectivity index is 2.19. The first kappa shape index (κ1) is 9.71. The van der Waals surface area contributed by atoms with Gasteiger partial charge in [0.15, 0.2) is 0 Å². The fraction of sp³-hybridized carbons (Fsp3) is 0.727. The Morgan fingerprint density at radius 2 is 2.29 bits per heavy atom. The van der Waals surface area contributed by atoms with Crippen molar-refractivity contribution in [2.24, 2.45) is 5.73 Å². The maximum atomic E-state index is 5.69. The van der Waals surface area contributed by atoms with Crippen molar-refractivity contribution in [2.45, 2.75) is 44.6 Å². The van der Waals surface area contributed by atoms with Crippen LogP contribution in [0.15, 0.2) is 12.5 Å². The van der Waals surface area contributed by atoms with Gasteiger partial charge in [0.05, 0.1) is 6.33 Å². The number of nitrogens with two attached hydrogens (primary N) is 1. The van der Waals surface area contributed by atoms with Crippen molar-refractivity contribution in [1.82, 2.24) is 9.55 Å². The molecule has 2 rings (SSSR count). The topological polar surface area (TPSA) is 43.8 Å². The van der Waals surface area contributed by atoms with Crippen LogP contribution in [0.3, 0.4) is 0 Å². The molecule has 0 saturated heterocycles. The lowest BCUT2D eigenvalue weighted by atomic mass is 10.1. The minimum atomic E-state index is 0.429. The molecule has 1 atom stereocenters. The van der Waals surface area contributed by atoms with E-state index in [2.05, 4.69) is 16.5 Å². The Morgan fingerprint density at radius 3 is 2.93 bits per heavy atom. The van der Waals surface area contributed by atoms with Gasteiger partial charge in [-0.25, -0.2) is 4.98 Å². The SMILES string of the molecule is CC(CN)c1cncn1C1CCCC1. The summed E-state index contributed by atoms with van der Waals surface area (Å²) < 4.78 is 2.34. The fourth-order valence-electron chi connectivity index (χ4n) is 2.30. The molecule has 1 aromatic rings. The third-order valence-corrected chi connectivity index (χ3v) is 3.27. The molecular weight excluding hydrogens is 174 g/mol. The van der Waals surface area contributed by atoms with E-state index >= 15 is 0 Å². The van der Waals surface area contributed by atoms with Crippen LogP contribution in [0.1, 0.15) is 50.3 Å². The van der Waals surface area contributed by atoms with Crippen molar-refractivity contribution in [2.75, 3.05) is 6.54 Å². The van der Waals surface area contributed by atoms with Crippen molar-refractivity contribution >= 4 is 0 Å². The maximum Gasteiger partial charge on any atom is 0.0950 e. The summed E-state index contributed by atoms with van der Waals surface area (Å²) in [5.74, 6) is 0.429. The molecule has 1 fully saturated rings. The minimum Gasteiger partial charge on any atom is -0.331 e. The first-order valence-electron chi connectivity index (χ1n) is 5.54. The highest BCUT2D eigenvalue weighted by Gasteiger charge is 2.20. The summed E-state index contributed by atoms with van der Waals surface area (Å²) >= 11 is 0. The van der Waals surface area contributed by atoms with E-state index in [4.69, 9.17) is 5.73 Å². The van der Waals surface area contributed by atoms with Crippen molar-refractivity contribution in [1.29, 1.82) is 0 Å². The second-order valence-corrected chi connectivity index (χ2v) is 4.30. The molecule has 3 nitrogen and oxygen atoms in total. The largest absolute Gasteiger partial charge is 0.331 e. The van der Waals surface area contributed by atoms with Crippen LogP contribution in [0.25, 0.3) is 0 Å². The summed E-state index contributed by atoms with van der Waals surface area (Å²) in [5.41, 5.74) is 6.99. The normalized spacial score (nSPS) is 20.1. The first-order valence-corrected chi connectivity index (χ1v) is 5.54. The quantitative estimate of drug-likeness (QED) is 0.798. The van der Waals surface area contributed by atoms with Gasteiger partial charge < -0.3 is 10.3 Å². The highest BCUT2D eigenvalue weighted by molar-refractivity contribution is 5.07. The second kappa shape index (κ2) is 4.13. The molecule has 3 heteroatoms. The number of rotatable bonds is 3. The smallest absolute Gasteiger partial charge is 0.0950 e. The van der Waals surface area contributed by atoms with E-state index in [-0.39, 0.29) is 0 Å². The lowest BCUT2D eigenvalue weighted by Crippen LogP contribution is -2.15. The molecule has 1 unspecified atom stereocenters.